The van der Waals surface area contributed by atoms with Crippen LogP contribution in [0.3, 0.4) is 0 Å². The predicted molar refractivity (Wildman–Crippen MR) is 68.8 cm³/mol. The van der Waals surface area contributed by atoms with Crippen LogP contribution in [0, 0.1) is 0 Å². The fourth-order valence-corrected chi connectivity index (χ4v) is 2.31. The summed E-state index contributed by atoms with van der Waals surface area (Å²) in [5, 5.41) is 3.41. The van der Waals surface area contributed by atoms with Crippen LogP contribution < -0.4 is 5.32 Å². The Morgan fingerprint density at radius 3 is 2.64 bits per heavy atom. The number of rotatable bonds is 3. The van der Waals surface area contributed by atoms with Gasteiger partial charge in [0.05, 0.1) is 3.79 Å². The van der Waals surface area contributed by atoms with Crippen molar-refractivity contribution in [3.8, 4) is 0 Å². The molecular weight excluding hydrogens is 258 g/mol. The van der Waals surface area contributed by atoms with Crippen LogP contribution in [0.5, 0.6) is 0 Å². The van der Waals surface area contributed by atoms with Gasteiger partial charge in [0.25, 0.3) is 0 Å². The van der Waals surface area contributed by atoms with Crippen LogP contribution >= 0.6 is 27.3 Å². The highest BCUT2D eigenvalue weighted by atomic mass is 79.9. The van der Waals surface area contributed by atoms with Gasteiger partial charge in [-0.2, -0.15) is 0 Å². The van der Waals surface area contributed by atoms with Crippen molar-refractivity contribution in [2.24, 2.45) is 0 Å². The first-order valence-electron chi connectivity index (χ1n) is 4.64. The number of halogens is 1. The van der Waals surface area contributed by atoms with E-state index in [4.69, 9.17) is 0 Å². The summed E-state index contributed by atoms with van der Waals surface area (Å²) < 4.78 is 1.18. The molecular formula is C11H16BrNS. The number of thiophene rings is 1. The summed E-state index contributed by atoms with van der Waals surface area (Å²) in [6, 6.07) is 4.18. The zero-order chi connectivity index (χ0) is 10.6. The number of nitrogens with one attached hydrogen (secondary N) is 1. The van der Waals surface area contributed by atoms with E-state index >= 15 is 0 Å². The van der Waals surface area contributed by atoms with Crippen LogP contribution in [0.4, 0.5) is 0 Å². The molecule has 0 atom stereocenters. The minimum absolute atomic E-state index is 0.195. The normalized spacial score (nSPS) is 12.6. The molecule has 1 heterocycles. The second kappa shape index (κ2) is 5.10. The summed E-state index contributed by atoms with van der Waals surface area (Å²) in [5.41, 5.74) is 0.195. The second-order valence-electron chi connectivity index (χ2n) is 4.18. The van der Waals surface area contributed by atoms with Crippen molar-refractivity contribution >= 4 is 33.3 Å². The summed E-state index contributed by atoms with van der Waals surface area (Å²) in [7, 11) is 0. The maximum atomic E-state index is 3.44. The van der Waals surface area contributed by atoms with Gasteiger partial charge in [-0.05, 0) is 54.9 Å². The first kappa shape index (κ1) is 12.0. The fourth-order valence-electron chi connectivity index (χ4n) is 0.958. The summed E-state index contributed by atoms with van der Waals surface area (Å²) in [5.74, 6) is 0. The monoisotopic (exact) mass is 273 g/mol. The van der Waals surface area contributed by atoms with Crippen molar-refractivity contribution in [3.05, 3.63) is 26.9 Å². The molecule has 0 aliphatic heterocycles. The van der Waals surface area contributed by atoms with E-state index in [2.05, 4.69) is 66.3 Å². The maximum Gasteiger partial charge on any atom is 0.0704 e. The quantitative estimate of drug-likeness (QED) is 0.881. The zero-order valence-corrected chi connectivity index (χ0v) is 11.2. The molecule has 78 valence electrons. The van der Waals surface area contributed by atoms with Crippen molar-refractivity contribution in [2.75, 3.05) is 6.54 Å². The molecule has 0 aromatic carbocycles. The van der Waals surface area contributed by atoms with Gasteiger partial charge in [-0.15, -0.1) is 11.3 Å². The van der Waals surface area contributed by atoms with Crippen molar-refractivity contribution in [3.63, 3.8) is 0 Å². The van der Waals surface area contributed by atoms with Crippen molar-refractivity contribution < 1.29 is 0 Å². The lowest BCUT2D eigenvalue weighted by atomic mass is 10.1. The van der Waals surface area contributed by atoms with E-state index in [9.17, 15) is 0 Å². The van der Waals surface area contributed by atoms with Crippen molar-refractivity contribution in [2.45, 2.75) is 26.3 Å². The average Bonchev–Trinajstić information content (AvgIpc) is 2.44. The Balaban J connectivity index is 2.35. The Bertz CT molecular complexity index is 309. The minimum Gasteiger partial charge on any atom is -0.309 e. The Hall–Kier alpha value is -0.120. The minimum atomic E-state index is 0.195. The summed E-state index contributed by atoms with van der Waals surface area (Å²) >= 11 is 5.19. The highest BCUT2D eigenvalue weighted by molar-refractivity contribution is 9.11. The van der Waals surface area contributed by atoms with Crippen LogP contribution in [-0.2, 0) is 0 Å². The van der Waals surface area contributed by atoms with Crippen LogP contribution in [0.1, 0.15) is 25.6 Å². The van der Waals surface area contributed by atoms with E-state index in [1.165, 1.54) is 8.66 Å². The first-order chi connectivity index (χ1) is 6.47. The Kier molecular flexibility index (Phi) is 4.35. The molecule has 0 unspecified atom stereocenters. The second-order valence-corrected chi connectivity index (χ2v) is 6.67. The lowest BCUT2D eigenvalue weighted by Crippen LogP contribution is -2.35. The highest BCUT2D eigenvalue weighted by Crippen LogP contribution is 2.22. The molecule has 0 radical (unpaired) electrons. The Morgan fingerprint density at radius 2 is 2.14 bits per heavy atom. The van der Waals surface area contributed by atoms with Crippen LogP contribution in [-0.4, -0.2) is 12.1 Å². The van der Waals surface area contributed by atoms with Gasteiger partial charge in [0.15, 0.2) is 0 Å². The molecule has 0 fully saturated rings. The van der Waals surface area contributed by atoms with Gasteiger partial charge in [0.2, 0.25) is 0 Å². The third-order valence-electron chi connectivity index (χ3n) is 1.63. The molecule has 1 aromatic heterocycles. The molecule has 1 aromatic rings. The lowest BCUT2D eigenvalue weighted by Gasteiger charge is -2.18. The third-order valence-corrected chi connectivity index (χ3v) is 3.22. The van der Waals surface area contributed by atoms with E-state index in [0.717, 1.165) is 6.54 Å². The van der Waals surface area contributed by atoms with Crippen molar-refractivity contribution in [1.82, 2.24) is 5.32 Å². The Labute approximate surface area is 98.4 Å². The summed E-state index contributed by atoms with van der Waals surface area (Å²) in [4.78, 5) is 1.28. The van der Waals surface area contributed by atoms with Crippen molar-refractivity contribution in [1.29, 1.82) is 0 Å². The van der Waals surface area contributed by atoms with E-state index in [-0.39, 0.29) is 5.54 Å². The molecule has 0 bridgehead atoms. The lowest BCUT2D eigenvalue weighted by molar-refractivity contribution is 0.450. The smallest absolute Gasteiger partial charge is 0.0704 e. The van der Waals surface area contributed by atoms with E-state index < -0.39 is 0 Å². The maximum absolute atomic E-state index is 3.44. The summed E-state index contributed by atoms with van der Waals surface area (Å²) in [6.07, 6.45) is 4.30. The fraction of sp³-hybridized carbons (Fsp3) is 0.455. The molecule has 0 aliphatic rings. The van der Waals surface area contributed by atoms with Crippen LogP contribution in [0.15, 0.2) is 22.0 Å². The van der Waals surface area contributed by atoms with Gasteiger partial charge in [0.1, 0.15) is 0 Å². The molecule has 0 saturated heterocycles. The SMILES string of the molecule is CC(C)(C)NCC=Cc1ccc(Br)s1. The van der Waals surface area contributed by atoms with E-state index in [1.54, 1.807) is 11.3 Å². The molecule has 0 saturated carbocycles. The van der Waals surface area contributed by atoms with Gasteiger partial charge >= 0.3 is 0 Å². The van der Waals surface area contributed by atoms with E-state index in [0.29, 0.717) is 0 Å². The van der Waals surface area contributed by atoms with Crippen LogP contribution in [0.25, 0.3) is 6.08 Å². The number of hydrogen-bond donors (Lipinski definition) is 1. The van der Waals surface area contributed by atoms with Gasteiger partial charge in [-0.1, -0.05) is 6.08 Å². The molecule has 0 amide bonds. The topological polar surface area (TPSA) is 12.0 Å². The van der Waals surface area contributed by atoms with Gasteiger partial charge in [-0.25, -0.2) is 0 Å². The Morgan fingerprint density at radius 1 is 1.43 bits per heavy atom. The van der Waals surface area contributed by atoms with Gasteiger partial charge < -0.3 is 5.32 Å². The van der Waals surface area contributed by atoms with Gasteiger partial charge in [0, 0.05) is 17.0 Å². The number of hydrogen-bond acceptors (Lipinski definition) is 2. The molecule has 0 aliphatic carbocycles. The first-order valence-corrected chi connectivity index (χ1v) is 6.25. The van der Waals surface area contributed by atoms with Crippen LogP contribution in [0.2, 0.25) is 0 Å². The third kappa shape index (κ3) is 4.94. The largest absolute Gasteiger partial charge is 0.309 e. The van der Waals surface area contributed by atoms with E-state index in [1.807, 2.05) is 0 Å². The predicted octanol–water partition coefficient (Wildman–Crippen LogP) is 3.91. The molecule has 1 rings (SSSR count). The average molecular weight is 274 g/mol. The standard InChI is InChI=1S/C11H16BrNS/c1-11(2,3)13-8-4-5-9-6-7-10(12)14-9/h4-7,13H,8H2,1-3H3. The van der Waals surface area contributed by atoms with Gasteiger partial charge in [-0.3, -0.25) is 0 Å². The molecule has 1 nitrogen and oxygen atoms in total. The molecule has 3 heteroatoms. The molecule has 1 N–H and O–H groups in total. The highest BCUT2D eigenvalue weighted by Gasteiger charge is 2.05. The molecule has 14 heavy (non-hydrogen) atoms. The summed E-state index contributed by atoms with van der Waals surface area (Å²) in [6.45, 7) is 7.42. The zero-order valence-electron chi connectivity index (χ0n) is 8.80. The molecule has 0 spiro atoms.